The van der Waals surface area contributed by atoms with E-state index in [0.717, 1.165) is 0 Å². The third kappa shape index (κ3) is 6.71. The van der Waals surface area contributed by atoms with Crippen LogP contribution >= 0.6 is 0 Å². The molecule has 3 amide bonds. The van der Waals surface area contributed by atoms with Crippen molar-refractivity contribution in [3.05, 3.63) is 0 Å². The zero-order valence-corrected chi connectivity index (χ0v) is 20.8. The summed E-state index contributed by atoms with van der Waals surface area (Å²) in [6.45, 7) is 6.87. The molecule has 2 rings (SSSR count). The molecule has 0 aromatic rings. The molecule has 2 heterocycles. The second-order valence-electron chi connectivity index (χ2n) is 9.97. The number of amides is 3. The molecule has 0 spiro atoms. The van der Waals surface area contributed by atoms with Gasteiger partial charge in [0.2, 0.25) is 23.5 Å². The summed E-state index contributed by atoms with van der Waals surface area (Å²) in [5.74, 6) is -11.7. The third-order valence-electron chi connectivity index (χ3n) is 6.57. The van der Waals surface area contributed by atoms with Gasteiger partial charge < -0.3 is 20.3 Å². The molecule has 0 radical (unpaired) electrons. The fourth-order valence-corrected chi connectivity index (χ4v) is 4.35. The Kier molecular flexibility index (Phi) is 9.83. The molecule has 206 valence electrons. The summed E-state index contributed by atoms with van der Waals surface area (Å²) in [5.41, 5.74) is 0. The molecule has 2 fully saturated rings. The highest BCUT2D eigenvalue weighted by Gasteiger charge is 2.64. The molecular formula is C23H34F5N3O5. The molecule has 36 heavy (non-hydrogen) atoms. The van der Waals surface area contributed by atoms with Gasteiger partial charge >= 0.3 is 12.1 Å². The molecule has 0 aliphatic carbocycles. The largest absolute Gasteiger partial charge is 0.461 e. The van der Waals surface area contributed by atoms with Crippen molar-refractivity contribution in [3.63, 3.8) is 0 Å². The van der Waals surface area contributed by atoms with Gasteiger partial charge in [0.1, 0.15) is 12.1 Å². The van der Waals surface area contributed by atoms with E-state index < -0.39 is 53.7 Å². The van der Waals surface area contributed by atoms with Crippen molar-refractivity contribution in [1.82, 2.24) is 15.5 Å². The Hall–Kier alpha value is -2.31. The van der Waals surface area contributed by atoms with Gasteiger partial charge in [0, 0.05) is 25.7 Å². The van der Waals surface area contributed by atoms with E-state index in [1.54, 1.807) is 13.8 Å². The van der Waals surface area contributed by atoms with E-state index in [4.69, 9.17) is 4.74 Å². The Morgan fingerprint density at radius 1 is 0.833 bits per heavy atom. The van der Waals surface area contributed by atoms with Crippen molar-refractivity contribution in [2.45, 2.75) is 83.6 Å². The minimum Gasteiger partial charge on any atom is -0.381 e. The maximum atomic E-state index is 13.7. The Balaban J connectivity index is 2.16. The molecule has 2 aliphatic heterocycles. The van der Waals surface area contributed by atoms with E-state index in [2.05, 4.69) is 5.32 Å². The minimum atomic E-state index is -6.11. The zero-order valence-electron chi connectivity index (χ0n) is 20.8. The summed E-state index contributed by atoms with van der Waals surface area (Å²) < 4.78 is 70.9. The lowest BCUT2D eigenvalue weighted by atomic mass is 9.94. The van der Waals surface area contributed by atoms with Crippen molar-refractivity contribution >= 4 is 23.5 Å². The lowest BCUT2D eigenvalue weighted by molar-refractivity contribution is -0.270. The number of alkyl halides is 5. The molecule has 13 heteroatoms. The van der Waals surface area contributed by atoms with Crippen molar-refractivity contribution in [1.29, 1.82) is 0 Å². The third-order valence-corrected chi connectivity index (χ3v) is 6.57. The smallest absolute Gasteiger partial charge is 0.381 e. The monoisotopic (exact) mass is 527 g/mol. The van der Waals surface area contributed by atoms with Gasteiger partial charge in [-0.15, -0.1) is 0 Å². The highest BCUT2D eigenvalue weighted by Crippen LogP contribution is 2.37. The summed E-state index contributed by atoms with van der Waals surface area (Å²) in [7, 11) is 0. The van der Waals surface area contributed by atoms with E-state index in [1.807, 2.05) is 5.32 Å². The number of ether oxygens (including phenoxy) is 1. The number of nitrogens with zero attached hydrogens (tertiary/aromatic N) is 1. The number of nitrogens with one attached hydrogen (secondary N) is 2. The van der Waals surface area contributed by atoms with Crippen LogP contribution in [0.25, 0.3) is 0 Å². The van der Waals surface area contributed by atoms with Crippen molar-refractivity contribution in [3.8, 4) is 0 Å². The summed E-state index contributed by atoms with van der Waals surface area (Å²) in [5, 5.41) is 4.76. The van der Waals surface area contributed by atoms with Crippen LogP contribution in [0, 0.1) is 17.8 Å². The van der Waals surface area contributed by atoms with Gasteiger partial charge in [-0.2, -0.15) is 22.0 Å². The fraction of sp³-hybridized carbons (Fsp3) is 0.826. The molecule has 8 nitrogen and oxygen atoms in total. The number of ketones is 1. The van der Waals surface area contributed by atoms with Gasteiger partial charge in [-0.1, -0.05) is 27.7 Å². The van der Waals surface area contributed by atoms with E-state index in [9.17, 15) is 41.1 Å². The van der Waals surface area contributed by atoms with Gasteiger partial charge in [0.15, 0.2) is 0 Å². The lowest BCUT2D eigenvalue weighted by Gasteiger charge is -2.33. The van der Waals surface area contributed by atoms with E-state index in [1.165, 1.54) is 18.7 Å². The van der Waals surface area contributed by atoms with E-state index >= 15 is 0 Å². The summed E-state index contributed by atoms with van der Waals surface area (Å²) in [6.07, 6.45) is -4.59. The minimum absolute atomic E-state index is 0.130. The van der Waals surface area contributed by atoms with E-state index in [0.29, 0.717) is 32.5 Å². The first kappa shape index (κ1) is 29.9. The van der Waals surface area contributed by atoms with Gasteiger partial charge in [-0.3, -0.25) is 19.2 Å². The van der Waals surface area contributed by atoms with Crippen LogP contribution in [-0.4, -0.2) is 78.4 Å². The van der Waals surface area contributed by atoms with Crippen molar-refractivity contribution < 1.29 is 45.9 Å². The standard InChI is InChI=1S/C23H34F5N3O5/c1-12(2)16(18(32)22(24,25)23(26,27)28)29-20(34)15-6-5-9-31(15)21(35)17(13(3)4)30-19(33)14-7-10-36-11-8-14/h12-17H,5-11H2,1-4H3,(H,29,34)(H,30,33)/t15-,16?,17-/m0/s1. The predicted octanol–water partition coefficient (Wildman–Crippen LogP) is 2.45. The normalized spacial score (nSPS) is 21.4. The van der Waals surface area contributed by atoms with Gasteiger partial charge in [0.25, 0.3) is 0 Å². The summed E-state index contributed by atoms with van der Waals surface area (Å²) in [4.78, 5) is 52.2. The highest BCUT2D eigenvalue weighted by molar-refractivity contribution is 5.97. The Labute approximate surface area is 206 Å². The quantitative estimate of drug-likeness (QED) is 0.449. The number of hydrogen-bond donors (Lipinski definition) is 2. The molecule has 0 saturated carbocycles. The number of carbonyl (C=O) groups excluding carboxylic acids is 4. The first-order valence-corrected chi connectivity index (χ1v) is 12.1. The number of hydrogen-bond acceptors (Lipinski definition) is 5. The average Bonchev–Trinajstić information content (AvgIpc) is 3.29. The number of likely N-dealkylation sites (tertiary alicyclic amines) is 1. The number of rotatable bonds is 9. The molecule has 0 aromatic carbocycles. The second kappa shape index (κ2) is 11.8. The second-order valence-corrected chi connectivity index (χ2v) is 9.97. The number of Topliss-reactive ketones (excluding diaryl/α,β-unsaturated/α-hetero) is 1. The SMILES string of the molecule is CC(C)C(NC(=O)[C@@H]1CCCN1C(=O)[C@@H](NC(=O)C1CCOCC1)C(C)C)C(=O)C(F)(F)C(F)(F)F. The molecule has 0 bridgehead atoms. The van der Waals surface area contributed by atoms with Crippen LogP contribution < -0.4 is 10.6 Å². The van der Waals surface area contributed by atoms with Crippen LogP contribution in [0.5, 0.6) is 0 Å². The zero-order chi connectivity index (χ0) is 27.4. The topological polar surface area (TPSA) is 105 Å². The van der Waals surface area contributed by atoms with Crippen LogP contribution in [0.4, 0.5) is 22.0 Å². The average molecular weight is 528 g/mol. The Bertz CT molecular complexity index is 827. The molecule has 0 aromatic heterocycles. The van der Waals surface area contributed by atoms with Gasteiger partial charge in [-0.05, 0) is 37.5 Å². The van der Waals surface area contributed by atoms with Crippen LogP contribution in [0.15, 0.2) is 0 Å². The molecule has 2 saturated heterocycles. The predicted molar refractivity (Wildman–Crippen MR) is 118 cm³/mol. The molecule has 2 aliphatic rings. The highest BCUT2D eigenvalue weighted by atomic mass is 19.4. The summed E-state index contributed by atoms with van der Waals surface area (Å²) in [6, 6.07) is -4.25. The molecule has 3 atom stereocenters. The number of halogens is 5. The maximum Gasteiger partial charge on any atom is 0.461 e. The molecular weight excluding hydrogens is 493 g/mol. The van der Waals surface area contributed by atoms with Gasteiger partial charge in [-0.25, -0.2) is 0 Å². The van der Waals surface area contributed by atoms with Crippen molar-refractivity contribution in [2.24, 2.45) is 17.8 Å². The van der Waals surface area contributed by atoms with E-state index in [-0.39, 0.29) is 30.7 Å². The van der Waals surface area contributed by atoms with Crippen LogP contribution in [0.3, 0.4) is 0 Å². The van der Waals surface area contributed by atoms with Crippen LogP contribution in [-0.2, 0) is 23.9 Å². The molecule has 1 unspecified atom stereocenters. The van der Waals surface area contributed by atoms with Crippen LogP contribution in [0.2, 0.25) is 0 Å². The first-order valence-electron chi connectivity index (χ1n) is 12.1. The maximum absolute atomic E-state index is 13.7. The first-order chi connectivity index (χ1) is 16.6. The number of carbonyl (C=O) groups is 4. The summed E-state index contributed by atoms with van der Waals surface area (Å²) >= 11 is 0. The van der Waals surface area contributed by atoms with Gasteiger partial charge in [0.05, 0.1) is 6.04 Å². The lowest BCUT2D eigenvalue weighted by Crippen LogP contribution is -2.60. The van der Waals surface area contributed by atoms with Crippen LogP contribution in [0.1, 0.15) is 53.4 Å². The molecule has 2 N–H and O–H groups in total. The Morgan fingerprint density at radius 2 is 1.36 bits per heavy atom. The Morgan fingerprint density at radius 3 is 1.86 bits per heavy atom. The fourth-order valence-electron chi connectivity index (χ4n) is 4.35. The van der Waals surface area contributed by atoms with Crippen molar-refractivity contribution in [2.75, 3.05) is 19.8 Å².